The van der Waals surface area contributed by atoms with Crippen molar-refractivity contribution in [2.75, 3.05) is 0 Å². The Hall–Kier alpha value is 1.86. The third-order valence-electron chi connectivity index (χ3n) is 0. The summed E-state index contributed by atoms with van der Waals surface area (Å²) in [5.74, 6) is -0.833. The van der Waals surface area contributed by atoms with Crippen LogP contribution in [-0.4, -0.2) is 11.1 Å². The zero-order valence-corrected chi connectivity index (χ0v) is 6.36. The molecule has 8 heavy (non-hydrogen) atoms. The first-order valence-electron chi connectivity index (χ1n) is 0.928. The maximum Gasteiger partial charge on any atom is 1.00 e. The van der Waals surface area contributed by atoms with Crippen molar-refractivity contribution in [2.24, 2.45) is 0 Å². The zero-order valence-electron chi connectivity index (χ0n) is 10.4. The van der Waals surface area contributed by atoms with Crippen LogP contribution in [0.5, 0.6) is 0 Å². The van der Waals surface area contributed by atoms with Gasteiger partial charge in [-0.2, -0.15) is 0 Å². The van der Waals surface area contributed by atoms with Gasteiger partial charge < -0.3 is 10.8 Å². The first-order valence-corrected chi connectivity index (χ1v) is 0.928. The molecule has 0 aliphatic carbocycles. The maximum absolute atomic E-state index is 9.00. The molecule has 2 nitrogen and oxygen atoms in total. The summed E-state index contributed by atoms with van der Waals surface area (Å²) in [5.41, 5.74) is 0. The smallest absolute Gasteiger partial charge is 1.00 e. The molecule has 0 saturated carbocycles. The number of hydrogen-bond donors (Lipinski definition) is 1. The van der Waals surface area contributed by atoms with Gasteiger partial charge in [0.05, 0.1) is 0 Å². The number of aliphatic carboxylic acids is 1. The summed E-state index contributed by atoms with van der Waals surface area (Å²) in [6, 6.07) is 0. The molecule has 0 unspecified atom stereocenters. The molecule has 0 amide bonds. The van der Waals surface area contributed by atoms with E-state index >= 15 is 0 Å². The topological polar surface area (TPSA) is 37.3 Å². The van der Waals surface area contributed by atoms with E-state index in [1.807, 2.05) is 0 Å². The van der Waals surface area contributed by atoms with Crippen molar-refractivity contribution in [1.29, 1.82) is 0 Å². The van der Waals surface area contributed by atoms with Crippen LogP contribution in [0.3, 0.4) is 0 Å². The van der Waals surface area contributed by atoms with Crippen molar-refractivity contribution in [3.63, 3.8) is 0 Å². The normalized spacial score (nSPS) is 3.12. The van der Waals surface area contributed by atoms with Gasteiger partial charge in [0, 0.05) is 6.92 Å². The van der Waals surface area contributed by atoms with Crippen molar-refractivity contribution < 1.29 is 91.1 Å². The van der Waals surface area contributed by atoms with Crippen LogP contribution in [0.15, 0.2) is 0 Å². The van der Waals surface area contributed by atoms with E-state index in [-0.39, 0.29) is 81.1 Å². The SMILES string of the molecule is CC(=O)O.[H-].[H-].[H-].[H-].[Li+].[Li+].[Li+].[Li+]. The molecular weight excluding hydrogens is 83.8 g/mol. The Balaban J connectivity index is -0.00000000161. The maximum atomic E-state index is 9.00. The van der Waals surface area contributed by atoms with Crippen molar-refractivity contribution in [3.05, 3.63) is 0 Å². The van der Waals surface area contributed by atoms with Gasteiger partial charge in [0.2, 0.25) is 0 Å². The van der Waals surface area contributed by atoms with Crippen LogP contribution in [0, 0.1) is 0 Å². The molecule has 6 heteroatoms. The Bertz CT molecular complexity index is 46.0. The second-order valence-electron chi connectivity index (χ2n) is 0.519. The van der Waals surface area contributed by atoms with Gasteiger partial charge in [-0.1, -0.05) is 0 Å². The Morgan fingerprint density at radius 1 is 1.25 bits per heavy atom. The standard InChI is InChI=1S/C2H4O2.4Li.4H/c1-2(3)4;;;;;;;;/h1H3,(H,3,4);;;;;;;;/q;4*+1;4*-1. The van der Waals surface area contributed by atoms with Crippen LogP contribution in [0.25, 0.3) is 0 Å². The molecule has 0 atom stereocenters. The molecule has 0 aromatic carbocycles. The minimum absolute atomic E-state index is 0. The van der Waals surface area contributed by atoms with E-state index in [0.717, 1.165) is 6.92 Å². The van der Waals surface area contributed by atoms with Crippen LogP contribution in [-0.2, 0) is 4.79 Å². The van der Waals surface area contributed by atoms with Crippen LogP contribution < -0.4 is 75.4 Å². The number of carboxylic acids is 1. The van der Waals surface area contributed by atoms with E-state index in [9.17, 15) is 0 Å². The molecule has 0 aliphatic heterocycles. The summed E-state index contributed by atoms with van der Waals surface area (Å²) in [4.78, 5) is 9.00. The van der Waals surface area contributed by atoms with Crippen LogP contribution in [0.4, 0.5) is 0 Å². The molecule has 0 aromatic heterocycles. The summed E-state index contributed by atoms with van der Waals surface area (Å²) in [5, 5.41) is 7.42. The van der Waals surface area contributed by atoms with Gasteiger partial charge in [-0.15, -0.1) is 0 Å². The van der Waals surface area contributed by atoms with Crippen molar-refractivity contribution in [2.45, 2.75) is 6.92 Å². The van der Waals surface area contributed by atoms with Gasteiger partial charge in [0.25, 0.3) is 5.97 Å². The molecule has 0 rings (SSSR count). The average Bonchev–Trinajstić information content (AvgIpc) is 0.811. The fourth-order valence-corrected chi connectivity index (χ4v) is 0. The van der Waals surface area contributed by atoms with E-state index in [1.54, 1.807) is 0 Å². The van der Waals surface area contributed by atoms with Gasteiger partial charge >= 0.3 is 75.4 Å². The summed E-state index contributed by atoms with van der Waals surface area (Å²) >= 11 is 0. The molecule has 0 radical (unpaired) electrons. The fraction of sp³-hybridized carbons (Fsp3) is 0.500. The molecule has 0 aromatic rings. The second-order valence-corrected chi connectivity index (χ2v) is 0.519. The van der Waals surface area contributed by atoms with E-state index in [4.69, 9.17) is 9.90 Å². The predicted octanol–water partition coefficient (Wildman–Crippen LogP) is -11.4. The number of carbonyl (C=O) groups is 1. The Morgan fingerprint density at radius 3 is 1.25 bits per heavy atom. The molecule has 32 valence electrons. The first-order chi connectivity index (χ1) is 1.73. The first kappa shape index (κ1) is 32.8. The molecule has 0 aliphatic rings. The molecule has 0 spiro atoms. The molecule has 0 saturated heterocycles. The van der Waals surface area contributed by atoms with Gasteiger partial charge in [0.15, 0.2) is 0 Å². The zero-order chi connectivity index (χ0) is 3.58. The molecule has 0 heterocycles. The number of rotatable bonds is 0. The largest absolute Gasteiger partial charge is 1.00 e. The van der Waals surface area contributed by atoms with Crippen LogP contribution in [0.1, 0.15) is 12.6 Å². The van der Waals surface area contributed by atoms with Gasteiger partial charge in [-0.25, -0.2) is 0 Å². The summed E-state index contributed by atoms with van der Waals surface area (Å²) < 4.78 is 0. The number of carboxylic acid groups (broad SMARTS) is 1. The summed E-state index contributed by atoms with van der Waals surface area (Å²) in [7, 11) is 0. The molecular formula is C2H8Li4O2. The monoisotopic (exact) mass is 92.1 g/mol. The summed E-state index contributed by atoms with van der Waals surface area (Å²) in [6.07, 6.45) is 0. The van der Waals surface area contributed by atoms with Crippen LogP contribution in [0.2, 0.25) is 0 Å². The van der Waals surface area contributed by atoms with Gasteiger partial charge in [0.1, 0.15) is 0 Å². The van der Waals surface area contributed by atoms with E-state index in [1.165, 1.54) is 0 Å². The van der Waals surface area contributed by atoms with Gasteiger partial charge in [-0.3, -0.25) is 4.79 Å². The predicted molar refractivity (Wildman–Crippen MR) is 17.8 cm³/mol. The van der Waals surface area contributed by atoms with E-state index < -0.39 is 5.97 Å². The molecule has 0 fully saturated rings. The molecule has 1 N–H and O–H groups in total. The minimum atomic E-state index is -0.833. The third-order valence-corrected chi connectivity index (χ3v) is 0. The minimum Gasteiger partial charge on any atom is -1.00 e. The Labute approximate surface area is 103 Å². The molecule has 0 bridgehead atoms. The van der Waals surface area contributed by atoms with E-state index in [2.05, 4.69) is 0 Å². The quantitative estimate of drug-likeness (QED) is 0.301. The van der Waals surface area contributed by atoms with Crippen LogP contribution >= 0.6 is 0 Å². The third kappa shape index (κ3) is 107. The average molecular weight is 91.8 g/mol. The number of hydrogen-bond acceptors (Lipinski definition) is 1. The Kier molecular flexibility index (Phi) is 94.9. The van der Waals surface area contributed by atoms with Crippen molar-refractivity contribution in [3.8, 4) is 0 Å². The second kappa shape index (κ2) is 23.2. The Morgan fingerprint density at radius 2 is 1.25 bits per heavy atom. The van der Waals surface area contributed by atoms with E-state index in [0.29, 0.717) is 0 Å². The van der Waals surface area contributed by atoms with Crippen molar-refractivity contribution >= 4 is 5.97 Å². The van der Waals surface area contributed by atoms with Crippen molar-refractivity contribution in [1.82, 2.24) is 0 Å². The fourth-order valence-electron chi connectivity index (χ4n) is 0. The summed E-state index contributed by atoms with van der Waals surface area (Å²) in [6.45, 7) is 1.08. The van der Waals surface area contributed by atoms with Gasteiger partial charge in [-0.05, 0) is 0 Å².